The molecule has 0 saturated carbocycles. The molecule has 3 rings (SSSR count). The van der Waals surface area contributed by atoms with E-state index in [4.69, 9.17) is 10.5 Å². The van der Waals surface area contributed by atoms with Crippen LogP contribution in [0.3, 0.4) is 0 Å². The Labute approximate surface area is 154 Å². The zero-order valence-corrected chi connectivity index (χ0v) is 15.5. The van der Waals surface area contributed by atoms with Gasteiger partial charge in [-0.25, -0.2) is 0 Å². The van der Waals surface area contributed by atoms with E-state index < -0.39 is 0 Å². The fourth-order valence-electron chi connectivity index (χ4n) is 2.86. The molecule has 26 heavy (non-hydrogen) atoms. The molecule has 6 heteroatoms. The number of hydrogen-bond donors (Lipinski definition) is 2. The molecular weight excluding hydrogens is 326 g/mol. The standard InChI is InChI=1S/C20H27N5O/c1-3-4-13-26-20-17(21)10-11-18-19(20)24-25(23-18)16-9-5-7-15(14-16)8-6-12-22-2/h5,7,9-11,14,22H,3-4,6,8,12-13,21H2,1-2H3. The molecule has 0 radical (unpaired) electrons. The second-order valence-electron chi connectivity index (χ2n) is 6.42. The summed E-state index contributed by atoms with van der Waals surface area (Å²) in [5, 5.41) is 12.4. The average molecular weight is 353 g/mol. The number of nitrogens with zero attached hydrogens (tertiary/aromatic N) is 3. The Morgan fingerprint density at radius 2 is 2.04 bits per heavy atom. The van der Waals surface area contributed by atoms with Gasteiger partial charge in [-0.05, 0) is 62.7 Å². The molecule has 0 bridgehead atoms. The van der Waals surface area contributed by atoms with Crippen molar-refractivity contribution in [3.63, 3.8) is 0 Å². The van der Waals surface area contributed by atoms with Crippen molar-refractivity contribution >= 4 is 16.7 Å². The van der Waals surface area contributed by atoms with Gasteiger partial charge in [0.05, 0.1) is 18.0 Å². The van der Waals surface area contributed by atoms with Gasteiger partial charge in [-0.3, -0.25) is 0 Å². The summed E-state index contributed by atoms with van der Waals surface area (Å²) in [5.74, 6) is 0.632. The van der Waals surface area contributed by atoms with E-state index in [9.17, 15) is 0 Å². The summed E-state index contributed by atoms with van der Waals surface area (Å²) >= 11 is 0. The summed E-state index contributed by atoms with van der Waals surface area (Å²) in [6.07, 6.45) is 4.18. The summed E-state index contributed by atoms with van der Waals surface area (Å²) < 4.78 is 5.88. The van der Waals surface area contributed by atoms with Gasteiger partial charge in [0.25, 0.3) is 0 Å². The van der Waals surface area contributed by atoms with Crippen LogP contribution in [-0.2, 0) is 6.42 Å². The molecule has 0 atom stereocenters. The van der Waals surface area contributed by atoms with Crippen LogP contribution in [0.1, 0.15) is 31.7 Å². The Kier molecular flexibility index (Phi) is 6.07. The van der Waals surface area contributed by atoms with Gasteiger partial charge in [-0.15, -0.1) is 10.2 Å². The highest BCUT2D eigenvalue weighted by atomic mass is 16.5. The van der Waals surface area contributed by atoms with Crippen molar-refractivity contribution in [3.8, 4) is 11.4 Å². The summed E-state index contributed by atoms with van der Waals surface area (Å²) in [5.41, 5.74) is 10.4. The number of hydrogen-bond acceptors (Lipinski definition) is 5. The minimum absolute atomic E-state index is 0.599. The van der Waals surface area contributed by atoms with Crippen LogP contribution >= 0.6 is 0 Å². The summed E-state index contributed by atoms with van der Waals surface area (Å²) in [4.78, 5) is 1.67. The van der Waals surface area contributed by atoms with Crippen molar-refractivity contribution in [2.75, 3.05) is 25.9 Å². The molecule has 6 nitrogen and oxygen atoms in total. The minimum atomic E-state index is 0.599. The zero-order valence-electron chi connectivity index (χ0n) is 15.5. The highest BCUT2D eigenvalue weighted by molar-refractivity contribution is 5.86. The Morgan fingerprint density at radius 1 is 1.15 bits per heavy atom. The van der Waals surface area contributed by atoms with Gasteiger partial charge in [0.2, 0.25) is 0 Å². The first-order chi connectivity index (χ1) is 12.7. The second kappa shape index (κ2) is 8.67. The van der Waals surface area contributed by atoms with Crippen molar-refractivity contribution in [3.05, 3.63) is 42.0 Å². The maximum Gasteiger partial charge on any atom is 0.171 e. The van der Waals surface area contributed by atoms with Gasteiger partial charge in [-0.1, -0.05) is 25.5 Å². The summed E-state index contributed by atoms with van der Waals surface area (Å²) in [6.45, 7) is 3.77. The van der Waals surface area contributed by atoms with E-state index in [2.05, 4.69) is 34.6 Å². The van der Waals surface area contributed by atoms with Crippen LogP contribution in [-0.4, -0.2) is 35.2 Å². The van der Waals surface area contributed by atoms with Crippen molar-refractivity contribution in [2.24, 2.45) is 0 Å². The molecule has 0 spiro atoms. The minimum Gasteiger partial charge on any atom is -0.489 e. The molecule has 0 aliphatic rings. The van der Waals surface area contributed by atoms with Crippen LogP contribution < -0.4 is 15.8 Å². The van der Waals surface area contributed by atoms with E-state index in [1.165, 1.54) is 5.56 Å². The molecule has 2 aromatic carbocycles. The smallest absolute Gasteiger partial charge is 0.171 e. The monoisotopic (exact) mass is 353 g/mol. The topological polar surface area (TPSA) is 78.0 Å². The molecule has 0 fully saturated rings. The first-order valence-electron chi connectivity index (χ1n) is 9.25. The van der Waals surface area contributed by atoms with Crippen LogP contribution in [0.2, 0.25) is 0 Å². The van der Waals surface area contributed by atoms with E-state index in [1.807, 2.05) is 31.3 Å². The highest BCUT2D eigenvalue weighted by Crippen LogP contribution is 2.30. The van der Waals surface area contributed by atoms with Crippen LogP contribution in [0.4, 0.5) is 5.69 Å². The number of ether oxygens (including phenoxy) is 1. The average Bonchev–Trinajstić information content (AvgIpc) is 3.09. The molecule has 1 aromatic heterocycles. The molecule has 0 unspecified atom stereocenters. The van der Waals surface area contributed by atoms with E-state index >= 15 is 0 Å². The molecule has 1 heterocycles. The third-order valence-electron chi connectivity index (χ3n) is 4.32. The Balaban J connectivity index is 1.89. The number of nitrogens with two attached hydrogens (primary N) is 1. The summed E-state index contributed by atoms with van der Waals surface area (Å²) in [7, 11) is 1.97. The van der Waals surface area contributed by atoms with E-state index in [1.54, 1.807) is 4.80 Å². The maximum atomic E-state index is 6.10. The normalized spacial score (nSPS) is 11.2. The molecule has 138 valence electrons. The van der Waals surface area contributed by atoms with Gasteiger partial charge < -0.3 is 15.8 Å². The number of nitrogens with one attached hydrogen (secondary N) is 1. The number of nitrogen functional groups attached to an aromatic ring is 1. The Bertz CT molecular complexity index is 859. The molecule has 0 aliphatic heterocycles. The molecule has 3 aromatic rings. The number of aromatic nitrogens is 3. The lowest BCUT2D eigenvalue weighted by Crippen LogP contribution is -2.08. The number of benzene rings is 2. The number of anilines is 1. The van der Waals surface area contributed by atoms with Crippen molar-refractivity contribution in [2.45, 2.75) is 32.6 Å². The van der Waals surface area contributed by atoms with Crippen molar-refractivity contribution in [1.82, 2.24) is 20.3 Å². The molecular formula is C20H27N5O. The van der Waals surface area contributed by atoms with Gasteiger partial charge in [0, 0.05) is 0 Å². The predicted octanol–water partition coefficient (Wildman–Crippen LogP) is 3.33. The van der Waals surface area contributed by atoms with Gasteiger partial charge in [-0.2, -0.15) is 4.80 Å². The first kappa shape index (κ1) is 18.2. The maximum absolute atomic E-state index is 6.10. The summed E-state index contributed by atoms with van der Waals surface area (Å²) in [6, 6.07) is 12.1. The lowest BCUT2D eigenvalue weighted by Gasteiger charge is -2.08. The fourth-order valence-corrected chi connectivity index (χ4v) is 2.86. The van der Waals surface area contributed by atoms with Crippen LogP contribution in [0, 0.1) is 0 Å². The van der Waals surface area contributed by atoms with E-state index in [0.29, 0.717) is 23.6 Å². The first-order valence-corrected chi connectivity index (χ1v) is 9.25. The number of rotatable bonds is 9. The van der Waals surface area contributed by atoms with Crippen LogP contribution in [0.25, 0.3) is 16.7 Å². The fraction of sp³-hybridized carbons (Fsp3) is 0.400. The van der Waals surface area contributed by atoms with Gasteiger partial charge >= 0.3 is 0 Å². The van der Waals surface area contributed by atoms with Crippen molar-refractivity contribution in [1.29, 1.82) is 0 Å². The third kappa shape index (κ3) is 4.14. The quantitative estimate of drug-likeness (QED) is 0.456. The third-order valence-corrected chi connectivity index (χ3v) is 4.32. The molecule has 0 saturated heterocycles. The largest absolute Gasteiger partial charge is 0.489 e. The number of unbranched alkanes of at least 4 members (excludes halogenated alkanes) is 1. The lowest BCUT2D eigenvalue weighted by atomic mass is 10.1. The molecule has 0 aliphatic carbocycles. The van der Waals surface area contributed by atoms with E-state index in [0.717, 1.165) is 43.4 Å². The SMILES string of the molecule is CCCCOc1c(N)ccc2nn(-c3cccc(CCCNC)c3)nc12. The zero-order chi connectivity index (χ0) is 18.4. The number of fused-ring (bicyclic) bond motifs is 1. The van der Waals surface area contributed by atoms with Crippen LogP contribution in [0.15, 0.2) is 36.4 Å². The lowest BCUT2D eigenvalue weighted by molar-refractivity contribution is 0.314. The van der Waals surface area contributed by atoms with Crippen molar-refractivity contribution < 1.29 is 4.74 Å². The second-order valence-corrected chi connectivity index (χ2v) is 6.42. The Hall–Kier alpha value is -2.60. The van der Waals surface area contributed by atoms with E-state index in [-0.39, 0.29) is 0 Å². The molecule has 0 amide bonds. The predicted molar refractivity (Wildman–Crippen MR) is 106 cm³/mol. The number of aryl methyl sites for hydroxylation is 1. The Morgan fingerprint density at radius 3 is 2.85 bits per heavy atom. The van der Waals surface area contributed by atoms with Gasteiger partial charge in [0.1, 0.15) is 5.52 Å². The van der Waals surface area contributed by atoms with Gasteiger partial charge in [0.15, 0.2) is 11.3 Å². The highest BCUT2D eigenvalue weighted by Gasteiger charge is 2.13. The van der Waals surface area contributed by atoms with Crippen LogP contribution in [0.5, 0.6) is 5.75 Å². The molecule has 3 N–H and O–H groups in total.